The number of thioether (sulfide) groups is 1. The van der Waals surface area contributed by atoms with Gasteiger partial charge in [-0.1, -0.05) is 18.5 Å². The van der Waals surface area contributed by atoms with Crippen LogP contribution in [-0.4, -0.2) is 16.8 Å². The van der Waals surface area contributed by atoms with E-state index in [1.807, 2.05) is 18.0 Å². The number of aromatic nitrogens is 1. The molecule has 1 heterocycles. The maximum absolute atomic E-state index is 5.78. The molecular formula is C8H13ClN2S2. The summed E-state index contributed by atoms with van der Waals surface area (Å²) in [6.45, 7) is 2.11. The maximum Gasteiger partial charge on any atom is 0.183 e. The van der Waals surface area contributed by atoms with Gasteiger partial charge in [0.05, 0.1) is 0 Å². The van der Waals surface area contributed by atoms with Gasteiger partial charge in [-0.2, -0.15) is 11.8 Å². The summed E-state index contributed by atoms with van der Waals surface area (Å²) in [5.41, 5.74) is 5.78. The molecule has 0 radical (unpaired) electrons. The van der Waals surface area contributed by atoms with Crippen molar-refractivity contribution in [2.45, 2.75) is 25.1 Å². The van der Waals surface area contributed by atoms with Gasteiger partial charge < -0.3 is 5.73 Å². The van der Waals surface area contributed by atoms with Gasteiger partial charge in [0.15, 0.2) is 4.47 Å². The van der Waals surface area contributed by atoms with Crippen LogP contribution >= 0.6 is 34.7 Å². The van der Waals surface area contributed by atoms with E-state index in [4.69, 9.17) is 17.3 Å². The first-order valence-electron chi connectivity index (χ1n) is 4.16. The van der Waals surface area contributed by atoms with Crippen LogP contribution in [-0.2, 0) is 5.75 Å². The van der Waals surface area contributed by atoms with E-state index in [9.17, 15) is 0 Å². The highest BCUT2D eigenvalue weighted by atomic mass is 35.5. The molecule has 1 aromatic rings. The van der Waals surface area contributed by atoms with Crippen molar-refractivity contribution in [3.8, 4) is 0 Å². The summed E-state index contributed by atoms with van der Waals surface area (Å²) < 4.78 is 0.621. The molecule has 0 aliphatic carbocycles. The molecule has 0 spiro atoms. The van der Waals surface area contributed by atoms with E-state index >= 15 is 0 Å². The van der Waals surface area contributed by atoms with Gasteiger partial charge in [-0.3, -0.25) is 0 Å². The van der Waals surface area contributed by atoms with Crippen molar-refractivity contribution in [3.05, 3.63) is 15.5 Å². The standard InChI is InChI=1S/C8H13ClN2S2/c1-2-6(10)4-12-5-7-3-11-8(9)13-7/h3,6H,2,4-5,10H2,1H3. The van der Waals surface area contributed by atoms with Crippen LogP contribution in [0.5, 0.6) is 0 Å². The second-order valence-electron chi connectivity index (χ2n) is 2.76. The van der Waals surface area contributed by atoms with Gasteiger partial charge in [0.2, 0.25) is 0 Å². The monoisotopic (exact) mass is 236 g/mol. The second kappa shape index (κ2) is 5.86. The number of thiazole rings is 1. The van der Waals surface area contributed by atoms with E-state index in [1.54, 1.807) is 0 Å². The molecule has 1 rings (SSSR count). The van der Waals surface area contributed by atoms with Crippen LogP contribution in [0.25, 0.3) is 0 Å². The number of rotatable bonds is 5. The Hall–Kier alpha value is 0.230. The molecule has 0 amide bonds. The highest BCUT2D eigenvalue weighted by molar-refractivity contribution is 7.98. The molecule has 1 unspecified atom stereocenters. The van der Waals surface area contributed by atoms with Crippen LogP contribution in [0.4, 0.5) is 0 Å². The number of nitrogens with two attached hydrogens (primary N) is 1. The fourth-order valence-corrected chi connectivity index (χ4v) is 2.97. The van der Waals surface area contributed by atoms with E-state index in [-0.39, 0.29) is 0 Å². The van der Waals surface area contributed by atoms with Crippen molar-refractivity contribution in [1.29, 1.82) is 0 Å². The molecule has 5 heteroatoms. The minimum atomic E-state index is 0.313. The number of halogens is 1. The van der Waals surface area contributed by atoms with Gasteiger partial charge in [-0.25, -0.2) is 4.98 Å². The lowest BCUT2D eigenvalue weighted by Crippen LogP contribution is -2.21. The topological polar surface area (TPSA) is 38.9 Å². The van der Waals surface area contributed by atoms with Crippen molar-refractivity contribution >= 4 is 34.7 Å². The Morgan fingerprint density at radius 3 is 3.08 bits per heavy atom. The average Bonchev–Trinajstić information content (AvgIpc) is 2.51. The van der Waals surface area contributed by atoms with Crippen LogP contribution in [0, 0.1) is 0 Å². The molecule has 0 saturated heterocycles. The summed E-state index contributed by atoms with van der Waals surface area (Å²) in [6, 6.07) is 0.313. The van der Waals surface area contributed by atoms with E-state index in [0.29, 0.717) is 10.5 Å². The fraction of sp³-hybridized carbons (Fsp3) is 0.625. The molecule has 0 aliphatic rings. The predicted molar refractivity (Wildman–Crippen MR) is 61.6 cm³/mol. The van der Waals surface area contributed by atoms with Gasteiger partial charge >= 0.3 is 0 Å². The molecular weight excluding hydrogens is 224 g/mol. The van der Waals surface area contributed by atoms with Crippen LogP contribution in [0.3, 0.4) is 0 Å². The zero-order chi connectivity index (χ0) is 9.68. The summed E-state index contributed by atoms with van der Waals surface area (Å²) in [6.07, 6.45) is 2.87. The summed E-state index contributed by atoms with van der Waals surface area (Å²) in [5, 5.41) is 0. The third-order valence-corrected chi connectivity index (χ3v) is 4.10. The van der Waals surface area contributed by atoms with Crippen molar-refractivity contribution in [2.75, 3.05) is 5.75 Å². The zero-order valence-corrected chi connectivity index (χ0v) is 9.88. The molecule has 0 fully saturated rings. The van der Waals surface area contributed by atoms with Crippen LogP contribution in [0.2, 0.25) is 4.47 Å². The molecule has 13 heavy (non-hydrogen) atoms. The maximum atomic E-state index is 5.78. The largest absolute Gasteiger partial charge is 0.327 e. The molecule has 0 saturated carbocycles. The molecule has 2 nitrogen and oxygen atoms in total. The number of nitrogens with zero attached hydrogens (tertiary/aromatic N) is 1. The predicted octanol–water partition coefficient (Wildman–Crippen LogP) is 2.77. The lowest BCUT2D eigenvalue weighted by Gasteiger charge is -2.06. The lowest BCUT2D eigenvalue weighted by molar-refractivity contribution is 0.725. The second-order valence-corrected chi connectivity index (χ2v) is 5.49. The Bertz CT molecular complexity index is 252. The van der Waals surface area contributed by atoms with Gasteiger partial charge in [-0.15, -0.1) is 11.3 Å². The minimum Gasteiger partial charge on any atom is -0.327 e. The van der Waals surface area contributed by atoms with E-state index < -0.39 is 0 Å². The zero-order valence-electron chi connectivity index (χ0n) is 7.50. The first-order chi connectivity index (χ1) is 6.22. The Morgan fingerprint density at radius 2 is 2.54 bits per heavy atom. The van der Waals surface area contributed by atoms with Gasteiger partial charge in [0.1, 0.15) is 0 Å². The summed E-state index contributed by atoms with van der Waals surface area (Å²) in [7, 11) is 0. The van der Waals surface area contributed by atoms with Crippen molar-refractivity contribution in [2.24, 2.45) is 5.73 Å². The highest BCUT2D eigenvalue weighted by Crippen LogP contribution is 2.22. The van der Waals surface area contributed by atoms with Crippen molar-refractivity contribution in [3.63, 3.8) is 0 Å². The molecule has 74 valence electrons. The Labute approximate surface area is 91.9 Å². The van der Waals surface area contributed by atoms with Crippen LogP contribution in [0.15, 0.2) is 6.20 Å². The summed E-state index contributed by atoms with van der Waals surface area (Å²) in [4.78, 5) is 5.19. The van der Waals surface area contributed by atoms with E-state index in [2.05, 4.69) is 11.9 Å². The highest BCUT2D eigenvalue weighted by Gasteiger charge is 2.02. The third kappa shape index (κ3) is 4.31. The number of hydrogen-bond donors (Lipinski definition) is 1. The smallest absolute Gasteiger partial charge is 0.183 e. The minimum absolute atomic E-state index is 0.313. The van der Waals surface area contributed by atoms with E-state index in [0.717, 1.165) is 17.9 Å². The Kier molecular flexibility index (Phi) is 5.09. The SMILES string of the molecule is CCC(N)CSCc1cnc(Cl)s1. The first kappa shape index (κ1) is 11.3. The Morgan fingerprint density at radius 1 is 1.77 bits per heavy atom. The van der Waals surface area contributed by atoms with Crippen molar-refractivity contribution in [1.82, 2.24) is 4.98 Å². The third-order valence-electron chi connectivity index (χ3n) is 1.63. The molecule has 0 aromatic carbocycles. The number of hydrogen-bond acceptors (Lipinski definition) is 4. The van der Waals surface area contributed by atoms with Gasteiger partial charge in [0, 0.05) is 28.6 Å². The fourth-order valence-electron chi connectivity index (χ4n) is 0.779. The first-order valence-corrected chi connectivity index (χ1v) is 6.50. The average molecular weight is 237 g/mol. The summed E-state index contributed by atoms with van der Waals surface area (Å²) in [5.74, 6) is 1.98. The van der Waals surface area contributed by atoms with E-state index in [1.165, 1.54) is 16.2 Å². The molecule has 1 atom stereocenters. The summed E-state index contributed by atoms with van der Waals surface area (Å²) >= 11 is 9.08. The van der Waals surface area contributed by atoms with Crippen LogP contribution in [0.1, 0.15) is 18.2 Å². The quantitative estimate of drug-likeness (QED) is 0.855. The van der Waals surface area contributed by atoms with Gasteiger partial charge in [-0.05, 0) is 6.42 Å². The van der Waals surface area contributed by atoms with Gasteiger partial charge in [0.25, 0.3) is 0 Å². The van der Waals surface area contributed by atoms with Crippen molar-refractivity contribution < 1.29 is 0 Å². The Balaban J connectivity index is 2.20. The molecule has 1 aromatic heterocycles. The molecule has 0 bridgehead atoms. The lowest BCUT2D eigenvalue weighted by atomic mass is 10.3. The molecule has 2 N–H and O–H groups in total. The normalized spacial score (nSPS) is 13.2. The molecule has 0 aliphatic heterocycles. The van der Waals surface area contributed by atoms with Crippen LogP contribution < -0.4 is 5.73 Å².